The van der Waals surface area contributed by atoms with Crippen LogP contribution in [0.1, 0.15) is 17.7 Å². The standard InChI is InChI=1S/C13H17ClN2O/c14-8-11-9-17-7-6-16(11)13-5-4-10-2-1-3-12(10)15-13/h4-5,11H,1-3,6-9H2. The molecule has 0 saturated carbocycles. The SMILES string of the molecule is ClCC1COCCN1c1ccc2c(n1)CCC2. The summed E-state index contributed by atoms with van der Waals surface area (Å²) in [5.41, 5.74) is 2.70. The lowest BCUT2D eigenvalue weighted by atomic mass is 10.2. The number of ether oxygens (including phenoxy) is 1. The molecular weight excluding hydrogens is 236 g/mol. The lowest BCUT2D eigenvalue weighted by Crippen LogP contribution is -2.47. The maximum atomic E-state index is 5.99. The topological polar surface area (TPSA) is 25.4 Å². The van der Waals surface area contributed by atoms with Gasteiger partial charge in [-0.25, -0.2) is 4.98 Å². The van der Waals surface area contributed by atoms with Crippen molar-refractivity contribution in [2.24, 2.45) is 0 Å². The number of hydrogen-bond donors (Lipinski definition) is 0. The molecule has 0 spiro atoms. The molecule has 17 heavy (non-hydrogen) atoms. The average Bonchev–Trinajstić information content (AvgIpc) is 2.85. The zero-order valence-corrected chi connectivity index (χ0v) is 10.6. The molecule has 1 unspecified atom stereocenters. The van der Waals surface area contributed by atoms with Crippen LogP contribution in [0.4, 0.5) is 5.82 Å². The van der Waals surface area contributed by atoms with Crippen LogP contribution < -0.4 is 4.90 Å². The molecule has 1 atom stereocenters. The third kappa shape index (κ3) is 2.14. The van der Waals surface area contributed by atoms with Gasteiger partial charge in [0.1, 0.15) is 5.82 Å². The van der Waals surface area contributed by atoms with Gasteiger partial charge in [-0.2, -0.15) is 0 Å². The van der Waals surface area contributed by atoms with Gasteiger partial charge < -0.3 is 9.64 Å². The molecule has 1 fully saturated rings. The summed E-state index contributed by atoms with van der Waals surface area (Å²) in [7, 11) is 0. The number of halogens is 1. The van der Waals surface area contributed by atoms with Crippen molar-refractivity contribution in [2.45, 2.75) is 25.3 Å². The highest BCUT2D eigenvalue weighted by molar-refractivity contribution is 6.18. The molecule has 3 nitrogen and oxygen atoms in total. The summed E-state index contributed by atoms with van der Waals surface area (Å²) in [4.78, 5) is 7.07. The predicted molar refractivity (Wildman–Crippen MR) is 68.9 cm³/mol. The highest BCUT2D eigenvalue weighted by Crippen LogP contribution is 2.25. The zero-order valence-electron chi connectivity index (χ0n) is 9.86. The van der Waals surface area contributed by atoms with Crippen LogP contribution in [-0.2, 0) is 17.6 Å². The van der Waals surface area contributed by atoms with Crippen molar-refractivity contribution in [3.63, 3.8) is 0 Å². The van der Waals surface area contributed by atoms with E-state index in [2.05, 4.69) is 17.0 Å². The normalized spacial score (nSPS) is 23.8. The van der Waals surface area contributed by atoms with E-state index in [1.807, 2.05) is 0 Å². The number of morpholine rings is 1. The van der Waals surface area contributed by atoms with Crippen LogP contribution in [0.3, 0.4) is 0 Å². The van der Waals surface area contributed by atoms with Gasteiger partial charge in [0.25, 0.3) is 0 Å². The monoisotopic (exact) mass is 252 g/mol. The molecule has 3 rings (SSSR count). The number of nitrogens with zero attached hydrogens (tertiary/aromatic N) is 2. The minimum atomic E-state index is 0.261. The summed E-state index contributed by atoms with van der Waals surface area (Å²) in [5, 5.41) is 0. The Hall–Kier alpha value is -0.800. The van der Waals surface area contributed by atoms with Crippen molar-refractivity contribution in [3.8, 4) is 0 Å². The Kier molecular flexibility index (Phi) is 3.21. The van der Waals surface area contributed by atoms with Crippen molar-refractivity contribution in [3.05, 3.63) is 23.4 Å². The van der Waals surface area contributed by atoms with Crippen LogP contribution in [0.15, 0.2) is 12.1 Å². The molecule has 0 aromatic carbocycles. The predicted octanol–water partition coefficient (Wildman–Crippen LogP) is 2.01. The van der Waals surface area contributed by atoms with E-state index in [9.17, 15) is 0 Å². The van der Waals surface area contributed by atoms with Crippen LogP contribution in [0.2, 0.25) is 0 Å². The van der Waals surface area contributed by atoms with Crippen LogP contribution in [-0.4, -0.2) is 36.7 Å². The van der Waals surface area contributed by atoms with E-state index in [4.69, 9.17) is 21.3 Å². The number of hydrogen-bond acceptors (Lipinski definition) is 3. The van der Waals surface area contributed by atoms with Gasteiger partial charge >= 0.3 is 0 Å². The van der Waals surface area contributed by atoms with Crippen molar-refractivity contribution >= 4 is 17.4 Å². The molecule has 0 radical (unpaired) electrons. The molecule has 1 saturated heterocycles. The van der Waals surface area contributed by atoms with Crippen molar-refractivity contribution in [1.82, 2.24) is 4.98 Å². The highest BCUT2D eigenvalue weighted by atomic mass is 35.5. The first-order valence-electron chi connectivity index (χ1n) is 6.27. The average molecular weight is 253 g/mol. The third-order valence-electron chi connectivity index (χ3n) is 3.61. The van der Waals surface area contributed by atoms with E-state index in [1.54, 1.807) is 0 Å². The zero-order chi connectivity index (χ0) is 11.7. The number of fused-ring (bicyclic) bond motifs is 1. The first-order valence-corrected chi connectivity index (χ1v) is 6.81. The van der Waals surface area contributed by atoms with Crippen molar-refractivity contribution in [1.29, 1.82) is 0 Å². The quantitative estimate of drug-likeness (QED) is 0.753. The Morgan fingerprint density at radius 3 is 3.24 bits per heavy atom. The number of anilines is 1. The molecule has 1 aromatic heterocycles. The third-order valence-corrected chi connectivity index (χ3v) is 3.97. The first-order chi connectivity index (χ1) is 8.38. The van der Waals surface area contributed by atoms with Crippen LogP contribution in [0.25, 0.3) is 0 Å². The molecule has 4 heteroatoms. The van der Waals surface area contributed by atoms with Gasteiger partial charge in [0.2, 0.25) is 0 Å². The van der Waals surface area contributed by atoms with Gasteiger partial charge in [0, 0.05) is 18.1 Å². The van der Waals surface area contributed by atoms with Gasteiger partial charge in [-0.05, 0) is 30.9 Å². The fourth-order valence-electron chi connectivity index (χ4n) is 2.65. The second kappa shape index (κ2) is 4.83. The van der Waals surface area contributed by atoms with Gasteiger partial charge in [0.05, 0.1) is 19.3 Å². The molecule has 1 aliphatic carbocycles. The summed E-state index contributed by atoms with van der Waals surface area (Å²) in [6.07, 6.45) is 3.55. The maximum Gasteiger partial charge on any atom is 0.129 e. The molecule has 2 aliphatic rings. The van der Waals surface area contributed by atoms with E-state index in [0.717, 1.165) is 25.4 Å². The Bertz CT molecular complexity index is 410. The summed E-state index contributed by atoms with van der Waals surface area (Å²) in [6, 6.07) is 4.62. The minimum Gasteiger partial charge on any atom is -0.377 e. The molecule has 2 heterocycles. The van der Waals surface area contributed by atoms with Crippen molar-refractivity contribution < 1.29 is 4.74 Å². The molecular formula is C13H17ClN2O. The fourth-order valence-corrected chi connectivity index (χ4v) is 2.91. The Labute approximate surface area is 107 Å². The smallest absolute Gasteiger partial charge is 0.129 e. The van der Waals surface area contributed by atoms with Gasteiger partial charge in [-0.1, -0.05) is 6.07 Å². The minimum absolute atomic E-state index is 0.261. The van der Waals surface area contributed by atoms with E-state index < -0.39 is 0 Å². The van der Waals surface area contributed by atoms with Gasteiger partial charge in [0.15, 0.2) is 0 Å². The van der Waals surface area contributed by atoms with E-state index in [0.29, 0.717) is 12.5 Å². The maximum absolute atomic E-state index is 5.99. The van der Waals surface area contributed by atoms with Crippen LogP contribution >= 0.6 is 11.6 Å². The summed E-state index contributed by atoms with van der Waals surface area (Å²) >= 11 is 5.99. The molecule has 0 bridgehead atoms. The number of alkyl halides is 1. The second-order valence-electron chi connectivity index (χ2n) is 4.71. The van der Waals surface area contributed by atoms with E-state index >= 15 is 0 Å². The Morgan fingerprint density at radius 1 is 1.41 bits per heavy atom. The Balaban J connectivity index is 1.87. The molecule has 0 amide bonds. The van der Waals surface area contributed by atoms with Crippen molar-refractivity contribution in [2.75, 3.05) is 30.5 Å². The number of aromatic nitrogens is 1. The van der Waals surface area contributed by atoms with Gasteiger partial charge in [-0.3, -0.25) is 0 Å². The second-order valence-corrected chi connectivity index (χ2v) is 5.01. The van der Waals surface area contributed by atoms with E-state index in [-0.39, 0.29) is 6.04 Å². The molecule has 92 valence electrons. The molecule has 1 aliphatic heterocycles. The largest absolute Gasteiger partial charge is 0.377 e. The number of aryl methyl sites for hydroxylation is 2. The number of pyridine rings is 1. The summed E-state index contributed by atoms with van der Waals surface area (Å²) in [5.74, 6) is 1.67. The number of rotatable bonds is 2. The summed E-state index contributed by atoms with van der Waals surface area (Å²) in [6.45, 7) is 2.37. The Morgan fingerprint density at radius 2 is 2.35 bits per heavy atom. The first kappa shape index (κ1) is 11.3. The molecule has 1 aromatic rings. The summed E-state index contributed by atoms with van der Waals surface area (Å²) < 4.78 is 5.46. The van der Waals surface area contributed by atoms with E-state index in [1.165, 1.54) is 24.1 Å². The van der Waals surface area contributed by atoms with Crippen LogP contribution in [0.5, 0.6) is 0 Å². The lowest BCUT2D eigenvalue weighted by Gasteiger charge is -2.35. The highest BCUT2D eigenvalue weighted by Gasteiger charge is 2.24. The fraction of sp³-hybridized carbons (Fsp3) is 0.615. The van der Waals surface area contributed by atoms with Gasteiger partial charge in [-0.15, -0.1) is 11.6 Å². The lowest BCUT2D eigenvalue weighted by molar-refractivity contribution is 0.0994. The molecule has 0 N–H and O–H groups in total. The van der Waals surface area contributed by atoms with Crippen LogP contribution in [0, 0.1) is 0 Å².